The number of pyridine rings is 1. The molecule has 2 heterocycles. The predicted octanol–water partition coefficient (Wildman–Crippen LogP) is 7.94. The molecular weight excluding hydrogens is 508 g/mol. The summed E-state index contributed by atoms with van der Waals surface area (Å²) in [7, 11) is 3.23. The first-order valence-electron chi connectivity index (χ1n) is 12.5. The monoisotopic (exact) mass is 534 g/mol. The van der Waals surface area contributed by atoms with Crippen molar-refractivity contribution in [3.05, 3.63) is 91.0 Å². The summed E-state index contributed by atoms with van der Waals surface area (Å²) in [6.07, 6.45) is 0. The molecule has 0 fully saturated rings. The number of hydrogen-bond donors (Lipinski definition) is 1. The molecular formula is C32H26N2O4S. The van der Waals surface area contributed by atoms with Gasteiger partial charge in [-0.2, -0.15) is 0 Å². The minimum atomic E-state index is -0.430. The highest BCUT2D eigenvalue weighted by Gasteiger charge is 2.20. The fraction of sp³-hybridized carbons (Fsp3) is 0.125. The van der Waals surface area contributed by atoms with Gasteiger partial charge in [0.05, 0.1) is 35.7 Å². The van der Waals surface area contributed by atoms with Crippen LogP contribution >= 0.6 is 11.8 Å². The van der Waals surface area contributed by atoms with E-state index in [1.54, 1.807) is 14.2 Å². The lowest BCUT2D eigenvalue weighted by Gasteiger charge is -2.15. The van der Waals surface area contributed by atoms with Crippen molar-refractivity contribution in [3.63, 3.8) is 0 Å². The Balaban J connectivity index is 1.31. The molecule has 6 rings (SSSR count). The minimum Gasteiger partial charge on any atom is -0.497 e. The number of aromatic nitrogens is 1. The van der Waals surface area contributed by atoms with Crippen LogP contribution in [0, 0.1) is 0 Å². The first-order chi connectivity index (χ1) is 19.0. The summed E-state index contributed by atoms with van der Waals surface area (Å²) in [6.45, 7) is 1.87. The van der Waals surface area contributed by atoms with Crippen LogP contribution in [-0.2, 0) is 4.79 Å². The number of nitrogens with zero attached hydrogens (tertiary/aromatic N) is 1. The van der Waals surface area contributed by atoms with Crippen LogP contribution in [0.2, 0.25) is 0 Å². The third-order valence-corrected chi connectivity index (χ3v) is 7.72. The molecule has 6 aromatic rings. The fourth-order valence-corrected chi connectivity index (χ4v) is 5.58. The Hall–Kier alpha value is -4.49. The second kappa shape index (κ2) is 10.3. The molecule has 0 spiro atoms. The molecule has 0 radical (unpaired) electrons. The van der Waals surface area contributed by atoms with Gasteiger partial charge in [0.25, 0.3) is 0 Å². The van der Waals surface area contributed by atoms with Gasteiger partial charge < -0.3 is 19.2 Å². The molecule has 1 amide bonds. The summed E-state index contributed by atoms with van der Waals surface area (Å²) < 4.78 is 17.1. The van der Waals surface area contributed by atoms with Crippen LogP contribution in [0.15, 0.2) is 100 Å². The van der Waals surface area contributed by atoms with Crippen LogP contribution < -0.4 is 14.8 Å². The van der Waals surface area contributed by atoms with E-state index in [-0.39, 0.29) is 5.91 Å². The standard InChI is InChI=1S/C32H26N2O4S/c1-19(32(35)34-27-18-29-25(16-30(27)37-3)23-11-7-8-12-28(23)38-29)39-31-17-24(20-9-5-4-6-10-20)22-14-13-21(36-2)15-26(22)33-31/h4-19H,1-3H3,(H,34,35)/t19-/m1/s1. The number of thioether (sulfide) groups is 1. The van der Waals surface area contributed by atoms with Crippen molar-refractivity contribution in [2.75, 3.05) is 19.5 Å². The molecule has 39 heavy (non-hydrogen) atoms. The quantitative estimate of drug-likeness (QED) is 0.210. The molecule has 0 aliphatic rings. The van der Waals surface area contributed by atoms with Gasteiger partial charge in [0.15, 0.2) is 0 Å². The maximum Gasteiger partial charge on any atom is 0.237 e. The van der Waals surface area contributed by atoms with E-state index in [1.807, 2.05) is 85.8 Å². The molecule has 1 atom stereocenters. The van der Waals surface area contributed by atoms with Gasteiger partial charge in [-0.25, -0.2) is 4.98 Å². The third kappa shape index (κ3) is 4.77. The van der Waals surface area contributed by atoms with Gasteiger partial charge in [-0.15, -0.1) is 0 Å². The number of fused-ring (bicyclic) bond motifs is 4. The second-order valence-electron chi connectivity index (χ2n) is 9.15. The van der Waals surface area contributed by atoms with E-state index in [4.69, 9.17) is 18.9 Å². The third-order valence-electron chi connectivity index (χ3n) is 6.70. The number of hydrogen-bond acceptors (Lipinski definition) is 6. The summed E-state index contributed by atoms with van der Waals surface area (Å²) in [5, 5.41) is 6.30. The van der Waals surface area contributed by atoms with Crippen LogP contribution in [0.3, 0.4) is 0 Å². The number of rotatable bonds is 7. The number of amides is 1. The van der Waals surface area contributed by atoms with E-state index in [2.05, 4.69) is 17.4 Å². The Labute approximate surface area is 229 Å². The van der Waals surface area contributed by atoms with Crippen LogP contribution in [0.5, 0.6) is 11.5 Å². The number of nitrogens with one attached hydrogen (secondary N) is 1. The van der Waals surface area contributed by atoms with Crippen molar-refractivity contribution >= 4 is 56.2 Å². The van der Waals surface area contributed by atoms with Crippen LogP contribution in [0.25, 0.3) is 44.0 Å². The number of benzene rings is 4. The van der Waals surface area contributed by atoms with E-state index < -0.39 is 5.25 Å². The molecule has 0 bridgehead atoms. The number of para-hydroxylation sites is 1. The molecule has 4 aromatic carbocycles. The number of methoxy groups -OCH3 is 2. The number of carbonyl (C=O) groups excluding carboxylic acids is 1. The molecule has 0 aliphatic heterocycles. The van der Waals surface area contributed by atoms with Gasteiger partial charge in [0, 0.05) is 28.3 Å². The minimum absolute atomic E-state index is 0.164. The maximum atomic E-state index is 13.3. The largest absolute Gasteiger partial charge is 0.497 e. The summed E-state index contributed by atoms with van der Waals surface area (Å²) in [4.78, 5) is 18.2. The van der Waals surface area contributed by atoms with Crippen molar-refractivity contribution in [3.8, 4) is 22.6 Å². The van der Waals surface area contributed by atoms with Crippen LogP contribution in [0.4, 0.5) is 5.69 Å². The molecule has 7 heteroatoms. The fourth-order valence-electron chi connectivity index (χ4n) is 4.71. The van der Waals surface area contributed by atoms with E-state index in [9.17, 15) is 4.79 Å². The van der Waals surface area contributed by atoms with Gasteiger partial charge in [0.2, 0.25) is 5.91 Å². The molecule has 2 aromatic heterocycles. The highest BCUT2D eigenvalue weighted by Crippen LogP contribution is 2.38. The SMILES string of the molecule is COc1ccc2c(-c3ccccc3)cc(S[C@H](C)C(=O)Nc3cc4oc5ccccc5c4cc3OC)nc2c1. The highest BCUT2D eigenvalue weighted by molar-refractivity contribution is 8.00. The summed E-state index contributed by atoms with van der Waals surface area (Å²) in [5.41, 5.74) is 4.97. The Morgan fingerprint density at radius 3 is 2.44 bits per heavy atom. The van der Waals surface area contributed by atoms with Gasteiger partial charge >= 0.3 is 0 Å². The molecule has 0 unspecified atom stereocenters. The van der Waals surface area contributed by atoms with Crippen LogP contribution in [0.1, 0.15) is 6.92 Å². The molecule has 6 nitrogen and oxygen atoms in total. The molecule has 194 valence electrons. The highest BCUT2D eigenvalue weighted by atomic mass is 32.2. The van der Waals surface area contributed by atoms with E-state index in [0.29, 0.717) is 17.0 Å². The predicted molar refractivity (Wildman–Crippen MR) is 158 cm³/mol. The normalized spacial score (nSPS) is 12.1. The Morgan fingerprint density at radius 1 is 0.846 bits per heavy atom. The Kier molecular flexibility index (Phi) is 6.59. The molecule has 0 saturated heterocycles. The number of carbonyl (C=O) groups is 1. The lowest BCUT2D eigenvalue weighted by molar-refractivity contribution is -0.115. The topological polar surface area (TPSA) is 73.6 Å². The van der Waals surface area contributed by atoms with E-state index >= 15 is 0 Å². The number of anilines is 1. The van der Waals surface area contributed by atoms with Crippen molar-refractivity contribution in [1.82, 2.24) is 4.98 Å². The first kappa shape index (κ1) is 24.8. The second-order valence-corrected chi connectivity index (χ2v) is 10.5. The smallest absolute Gasteiger partial charge is 0.237 e. The van der Waals surface area contributed by atoms with Crippen molar-refractivity contribution in [2.24, 2.45) is 0 Å². The zero-order chi connectivity index (χ0) is 26.9. The van der Waals surface area contributed by atoms with Crippen molar-refractivity contribution in [2.45, 2.75) is 17.2 Å². The Morgan fingerprint density at radius 2 is 1.64 bits per heavy atom. The lowest BCUT2D eigenvalue weighted by Crippen LogP contribution is -2.22. The molecule has 0 saturated carbocycles. The maximum absolute atomic E-state index is 13.3. The molecule has 0 aliphatic carbocycles. The lowest BCUT2D eigenvalue weighted by atomic mass is 10.0. The van der Waals surface area contributed by atoms with E-state index in [0.717, 1.165) is 49.2 Å². The van der Waals surface area contributed by atoms with Crippen LogP contribution in [-0.4, -0.2) is 30.4 Å². The zero-order valence-corrected chi connectivity index (χ0v) is 22.5. The Bertz CT molecular complexity index is 1830. The van der Waals surface area contributed by atoms with Gasteiger partial charge in [-0.3, -0.25) is 4.79 Å². The van der Waals surface area contributed by atoms with Crippen molar-refractivity contribution < 1.29 is 18.7 Å². The average Bonchev–Trinajstić information content (AvgIpc) is 3.33. The zero-order valence-electron chi connectivity index (χ0n) is 21.7. The van der Waals surface area contributed by atoms with E-state index in [1.165, 1.54) is 11.8 Å². The number of furan rings is 1. The summed E-state index contributed by atoms with van der Waals surface area (Å²) >= 11 is 1.40. The summed E-state index contributed by atoms with van der Waals surface area (Å²) in [5.74, 6) is 1.14. The first-order valence-corrected chi connectivity index (χ1v) is 13.4. The van der Waals surface area contributed by atoms with Crippen molar-refractivity contribution in [1.29, 1.82) is 0 Å². The summed E-state index contributed by atoms with van der Waals surface area (Å²) in [6, 6.07) is 29.6. The van der Waals surface area contributed by atoms with Gasteiger partial charge in [-0.1, -0.05) is 60.3 Å². The molecule has 1 N–H and O–H groups in total. The number of ether oxygens (including phenoxy) is 2. The van der Waals surface area contributed by atoms with Gasteiger partial charge in [0.1, 0.15) is 22.7 Å². The van der Waals surface area contributed by atoms with Gasteiger partial charge in [-0.05, 0) is 48.4 Å². The average molecular weight is 535 g/mol.